The minimum atomic E-state index is -0.935. The Kier molecular flexibility index (Phi) is 6.70. The summed E-state index contributed by atoms with van der Waals surface area (Å²) < 4.78 is 7.94. The molecule has 1 aromatic heterocycles. The number of fused-ring (bicyclic) bond motifs is 1. The molecule has 0 amide bonds. The molecule has 2 atom stereocenters. The van der Waals surface area contributed by atoms with Crippen molar-refractivity contribution < 1.29 is 14.6 Å². The van der Waals surface area contributed by atoms with Crippen LogP contribution in [0.5, 0.6) is 5.75 Å². The smallest absolute Gasteiger partial charge is 0.312 e. The first-order valence-corrected chi connectivity index (χ1v) is 10.7. The molecule has 3 aromatic rings. The highest BCUT2D eigenvalue weighted by molar-refractivity contribution is 5.84. The van der Waals surface area contributed by atoms with Gasteiger partial charge in [-0.3, -0.25) is 9.69 Å². The fraction of sp³-hybridized carbons (Fsp3) is 0.440. The van der Waals surface area contributed by atoms with Gasteiger partial charge in [0, 0.05) is 24.5 Å². The zero-order chi connectivity index (χ0) is 22.8. The van der Waals surface area contributed by atoms with E-state index in [1.807, 2.05) is 36.9 Å². The van der Waals surface area contributed by atoms with Gasteiger partial charge in [-0.1, -0.05) is 18.2 Å². The summed E-state index contributed by atoms with van der Waals surface area (Å²) in [7, 11) is 2.16. The van der Waals surface area contributed by atoms with E-state index >= 15 is 0 Å². The van der Waals surface area contributed by atoms with Crippen molar-refractivity contribution in [3.63, 3.8) is 0 Å². The zero-order valence-corrected chi connectivity index (χ0v) is 19.2. The van der Waals surface area contributed by atoms with E-state index in [2.05, 4.69) is 60.5 Å². The molecule has 166 valence electrons. The number of imidazole rings is 1. The molecule has 0 aliphatic heterocycles. The van der Waals surface area contributed by atoms with Crippen molar-refractivity contribution in [1.82, 2.24) is 14.5 Å². The van der Waals surface area contributed by atoms with Crippen molar-refractivity contribution in [2.24, 2.45) is 5.41 Å². The molecular formula is C25H33N3O3. The molecule has 0 radical (unpaired) electrons. The molecule has 0 aliphatic carbocycles. The van der Waals surface area contributed by atoms with Gasteiger partial charge in [-0.2, -0.15) is 0 Å². The van der Waals surface area contributed by atoms with E-state index in [1.54, 1.807) is 13.8 Å². The quantitative estimate of drug-likeness (QED) is 0.533. The van der Waals surface area contributed by atoms with Gasteiger partial charge in [0.2, 0.25) is 0 Å². The molecular weight excluding hydrogens is 390 g/mol. The van der Waals surface area contributed by atoms with Gasteiger partial charge in [0.05, 0.1) is 17.8 Å². The summed E-state index contributed by atoms with van der Waals surface area (Å²) in [6.07, 6.45) is 5.71. The average Bonchev–Trinajstić information content (AvgIpc) is 3.25. The predicted molar refractivity (Wildman–Crippen MR) is 124 cm³/mol. The lowest BCUT2D eigenvalue weighted by atomic mass is 9.95. The number of hydrogen-bond donors (Lipinski definition) is 1. The third-order valence-electron chi connectivity index (χ3n) is 6.12. The molecule has 0 fully saturated rings. The number of likely N-dealkylation sites (N-methyl/N-ethyl adjacent to an activating group) is 1. The van der Waals surface area contributed by atoms with Crippen LogP contribution in [0.25, 0.3) is 10.8 Å². The minimum absolute atomic E-state index is 0.119. The number of carboxylic acids is 1. The molecule has 0 spiro atoms. The Morgan fingerprint density at radius 2 is 1.84 bits per heavy atom. The lowest BCUT2D eigenvalue weighted by molar-refractivity contribution is -0.148. The van der Waals surface area contributed by atoms with E-state index in [4.69, 9.17) is 4.74 Å². The van der Waals surface area contributed by atoms with Gasteiger partial charge in [0.25, 0.3) is 0 Å². The summed E-state index contributed by atoms with van der Waals surface area (Å²) in [5.41, 5.74) is 0.279. The highest BCUT2D eigenvalue weighted by Gasteiger charge is 2.28. The maximum absolute atomic E-state index is 11.3. The molecule has 1 N–H and O–H groups in total. The lowest BCUT2D eigenvalue weighted by Gasteiger charge is -2.35. The Labute approximate surface area is 184 Å². The minimum Gasteiger partial charge on any atom is -0.492 e. The molecule has 1 heterocycles. The van der Waals surface area contributed by atoms with Gasteiger partial charge in [-0.25, -0.2) is 4.98 Å². The SMILES string of the molecule is CC(C)N(C)[C@H](C)[C@@H](c1ccc2cc(OCC(C)(C)C(=O)O)ccc2c1)n1ccnc1. The maximum atomic E-state index is 11.3. The lowest BCUT2D eigenvalue weighted by Crippen LogP contribution is -2.41. The Balaban J connectivity index is 1.90. The maximum Gasteiger partial charge on any atom is 0.312 e. The zero-order valence-electron chi connectivity index (χ0n) is 19.2. The first kappa shape index (κ1) is 22.8. The van der Waals surface area contributed by atoms with Crippen LogP contribution in [-0.4, -0.2) is 51.3 Å². The van der Waals surface area contributed by atoms with Crippen molar-refractivity contribution in [3.05, 3.63) is 60.7 Å². The molecule has 0 saturated heterocycles. The third-order valence-corrected chi connectivity index (χ3v) is 6.12. The fourth-order valence-electron chi connectivity index (χ4n) is 3.67. The molecule has 0 aliphatic rings. The summed E-state index contributed by atoms with van der Waals surface area (Å²) in [5, 5.41) is 11.5. The summed E-state index contributed by atoms with van der Waals surface area (Å²) >= 11 is 0. The highest BCUT2D eigenvalue weighted by Crippen LogP contribution is 2.30. The number of aliphatic carboxylic acids is 1. The normalized spacial score (nSPS) is 14.2. The van der Waals surface area contributed by atoms with Crippen molar-refractivity contribution in [2.45, 2.75) is 52.7 Å². The van der Waals surface area contributed by atoms with E-state index in [9.17, 15) is 9.90 Å². The van der Waals surface area contributed by atoms with Crippen LogP contribution in [0.2, 0.25) is 0 Å². The summed E-state index contributed by atoms with van der Waals surface area (Å²) in [6.45, 7) is 10.1. The van der Waals surface area contributed by atoms with E-state index in [0.29, 0.717) is 11.8 Å². The topological polar surface area (TPSA) is 67.6 Å². The fourth-order valence-corrected chi connectivity index (χ4v) is 3.67. The van der Waals surface area contributed by atoms with E-state index in [1.165, 1.54) is 5.56 Å². The standard InChI is InChI=1S/C25H33N3O3/c1-17(2)27(6)18(3)23(28-12-11-26-16-28)21-8-7-20-14-22(10-9-19(20)13-21)31-15-25(4,5)24(29)30/h7-14,16-18,23H,15H2,1-6H3,(H,29,30)/t18-,23+/m1/s1. The Morgan fingerprint density at radius 3 is 2.45 bits per heavy atom. The van der Waals surface area contributed by atoms with Crippen LogP contribution < -0.4 is 4.74 Å². The summed E-state index contributed by atoms with van der Waals surface area (Å²) in [4.78, 5) is 17.9. The number of carbonyl (C=O) groups is 1. The van der Waals surface area contributed by atoms with Gasteiger partial charge in [-0.15, -0.1) is 0 Å². The average molecular weight is 424 g/mol. The number of ether oxygens (including phenoxy) is 1. The first-order chi connectivity index (χ1) is 14.6. The van der Waals surface area contributed by atoms with Crippen LogP contribution in [0, 0.1) is 5.41 Å². The van der Waals surface area contributed by atoms with Crippen LogP contribution in [0.15, 0.2) is 55.1 Å². The number of nitrogens with zero attached hydrogens (tertiary/aromatic N) is 3. The molecule has 2 aromatic carbocycles. The van der Waals surface area contributed by atoms with Crippen LogP contribution >= 0.6 is 0 Å². The third kappa shape index (κ3) is 5.07. The van der Waals surface area contributed by atoms with Crippen LogP contribution in [0.4, 0.5) is 0 Å². The van der Waals surface area contributed by atoms with Crippen molar-refractivity contribution in [3.8, 4) is 5.75 Å². The largest absolute Gasteiger partial charge is 0.492 e. The number of carboxylic acid groups (broad SMARTS) is 1. The Bertz CT molecular complexity index is 1030. The number of aromatic nitrogens is 2. The second-order valence-corrected chi connectivity index (χ2v) is 9.20. The Morgan fingerprint density at radius 1 is 1.16 bits per heavy atom. The van der Waals surface area contributed by atoms with Gasteiger partial charge in [0.1, 0.15) is 12.4 Å². The molecule has 0 bridgehead atoms. The number of hydrogen-bond acceptors (Lipinski definition) is 4. The molecule has 0 saturated carbocycles. The van der Waals surface area contributed by atoms with Gasteiger partial charge in [0.15, 0.2) is 0 Å². The summed E-state index contributed by atoms with van der Waals surface area (Å²) in [6, 6.07) is 13.2. The predicted octanol–water partition coefficient (Wildman–Crippen LogP) is 4.84. The molecule has 31 heavy (non-hydrogen) atoms. The number of benzene rings is 2. The Hall–Kier alpha value is -2.86. The van der Waals surface area contributed by atoms with E-state index in [-0.39, 0.29) is 18.7 Å². The van der Waals surface area contributed by atoms with Crippen LogP contribution in [0.1, 0.15) is 46.2 Å². The number of rotatable bonds is 9. The van der Waals surface area contributed by atoms with Gasteiger partial charge in [-0.05, 0) is 76.2 Å². The van der Waals surface area contributed by atoms with E-state index in [0.717, 1.165) is 10.8 Å². The van der Waals surface area contributed by atoms with E-state index < -0.39 is 11.4 Å². The van der Waals surface area contributed by atoms with Crippen molar-refractivity contribution in [1.29, 1.82) is 0 Å². The van der Waals surface area contributed by atoms with Crippen molar-refractivity contribution in [2.75, 3.05) is 13.7 Å². The monoisotopic (exact) mass is 423 g/mol. The van der Waals surface area contributed by atoms with Gasteiger partial charge >= 0.3 is 5.97 Å². The molecule has 6 nitrogen and oxygen atoms in total. The van der Waals surface area contributed by atoms with Crippen LogP contribution in [-0.2, 0) is 4.79 Å². The first-order valence-electron chi connectivity index (χ1n) is 10.7. The highest BCUT2D eigenvalue weighted by atomic mass is 16.5. The second-order valence-electron chi connectivity index (χ2n) is 9.20. The summed E-state index contributed by atoms with van der Waals surface area (Å²) in [5.74, 6) is -0.197. The molecule has 6 heteroatoms. The molecule has 0 unspecified atom stereocenters. The van der Waals surface area contributed by atoms with Crippen molar-refractivity contribution >= 4 is 16.7 Å². The second kappa shape index (κ2) is 9.10. The molecule has 3 rings (SSSR count). The van der Waals surface area contributed by atoms with Gasteiger partial charge < -0.3 is 14.4 Å². The van der Waals surface area contributed by atoms with Crippen LogP contribution in [0.3, 0.4) is 0 Å².